The summed E-state index contributed by atoms with van der Waals surface area (Å²) in [6, 6.07) is 1.93. The molecular weight excluding hydrogens is 196 g/mol. The normalized spacial score (nSPS) is 21.9. The molecule has 0 spiro atoms. The first-order valence-electron chi connectivity index (χ1n) is 4.93. The van der Waals surface area contributed by atoms with E-state index in [4.69, 9.17) is 0 Å². The summed E-state index contributed by atoms with van der Waals surface area (Å²) in [4.78, 5) is 11.7. The molecule has 14 heavy (non-hydrogen) atoms. The van der Waals surface area contributed by atoms with Gasteiger partial charge in [0, 0.05) is 5.38 Å². The van der Waals surface area contributed by atoms with Crippen molar-refractivity contribution in [3.05, 3.63) is 16.8 Å². The fourth-order valence-electron chi connectivity index (χ4n) is 1.64. The Morgan fingerprint density at radius 3 is 3.14 bits per heavy atom. The van der Waals surface area contributed by atoms with Gasteiger partial charge >= 0.3 is 0 Å². The van der Waals surface area contributed by atoms with Gasteiger partial charge in [-0.25, -0.2) is 0 Å². The van der Waals surface area contributed by atoms with Crippen molar-refractivity contribution >= 4 is 22.9 Å². The molecule has 3 nitrogen and oxygen atoms in total. The third-order valence-electron chi connectivity index (χ3n) is 2.42. The van der Waals surface area contributed by atoms with Crippen LogP contribution in [-0.4, -0.2) is 18.5 Å². The Bertz CT molecular complexity index is 291. The molecule has 1 atom stereocenters. The molecule has 0 unspecified atom stereocenters. The SMILES string of the molecule is O=C(Nc1ccsc1)[C@H]1CCCCN1. The van der Waals surface area contributed by atoms with E-state index in [1.54, 1.807) is 11.3 Å². The first-order chi connectivity index (χ1) is 6.86. The van der Waals surface area contributed by atoms with Crippen LogP contribution < -0.4 is 10.6 Å². The van der Waals surface area contributed by atoms with Crippen molar-refractivity contribution in [3.63, 3.8) is 0 Å². The highest BCUT2D eigenvalue weighted by molar-refractivity contribution is 7.08. The zero-order valence-corrected chi connectivity index (χ0v) is 8.77. The van der Waals surface area contributed by atoms with Crippen LogP contribution in [0.1, 0.15) is 19.3 Å². The second-order valence-electron chi connectivity index (χ2n) is 3.50. The summed E-state index contributed by atoms with van der Waals surface area (Å²) in [6.07, 6.45) is 3.28. The Morgan fingerprint density at radius 1 is 1.57 bits per heavy atom. The molecule has 1 aliphatic rings. The largest absolute Gasteiger partial charge is 0.324 e. The number of thiophene rings is 1. The van der Waals surface area contributed by atoms with Crippen molar-refractivity contribution in [1.29, 1.82) is 0 Å². The molecule has 1 saturated heterocycles. The summed E-state index contributed by atoms with van der Waals surface area (Å²) < 4.78 is 0. The Balaban J connectivity index is 1.88. The minimum Gasteiger partial charge on any atom is -0.324 e. The van der Waals surface area contributed by atoms with Crippen LogP contribution in [0.4, 0.5) is 5.69 Å². The molecule has 1 aromatic rings. The number of nitrogens with one attached hydrogen (secondary N) is 2. The Morgan fingerprint density at radius 2 is 2.50 bits per heavy atom. The average Bonchev–Trinajstić information content (AvgIpc) is 2.72. The summed E-state index contributed by atoms with van der Waals surface area (Å²) in [5, 5.41) is 10.0. The molecule has 2 N–H and O–H groups in total. The molecular formula is C10H14N2OS. The molecule has 0 aliphatic carbocycles. The van der Waals surface area contributed by atoms with Crippen molar-refractivity contribution in [2.24, 2.45) is 0 Å². The van der Waals surface area contributed by atoms with E-state index < -0.39 is 0 Å². The molecule has 0 saturated carbocycles. The molecule has 0 bridgehead atoms. The lowest BCUT2D eigenvalue weighted by Crippen LogP contribution is -2.43. The topological polar surface area (TPSA) is 41.1 Å². The lowest BCUT2D eigenvalue weighted by Gasteiger charge is -2.22. The molecule has 2 heterocycles. The van der Waals surface area contributed by atoms with E-state index in [0.717, 1.165) is 25.1 Å². The van der Waals surface area contributed by atoms with Crippen molar-refractivity contribution < 1.29 is 4.79 Å². The number of amides is 1. The quantitative estimate of drug-likeness (QED) is 0.782. The lowest BCUT2D eigenvalue weighted by molar-refractivity contribution is -0.118. The molecule has 1 aliphatic heterocycles. The van der Waals surface area contributed by atoms with Gasteiger partial charge in [-0.2, -0.15) is 11.3 Å². The van der Waals surface area contributed by atoms with Crippen LogP contribution in [0.5, 0.6) is 0 Å². The Kier molecular flexibility index (Phi) is 3.16. The van der Waals surface area contributed by atoms with Gasteiger partial charge in [0.2, 0.25) is 5.91 Å². The number of hydrogen-bond donors (Lipinski definition) is 2. The first kappa shape index (κ1) is 9.68. The highest BCUT2D eigenvalue weighted by atomic mass is 32.1. The monoisotopic (exact) mass is 210 g/mol. The zero-order valence-electron chi connectivity index (χ0n) is 7.95. The van der Waals surface area contributed by atoms with Crippen LogP contribution in [0, 0.1) is 0 Å². The third-order valence-corrected chi connectivity index (χ3v) is 3.10. The highest BCUT2D eigenvalue weighted by Crippen LogP contribution is 2.14. The Hall–Kier alpha value is -0.870. The van der Waals surface area contributed by atoms with Gasteiger partial charge in [0.15, 0.2) is 0 Å². The Labute approximate surface area is 87.5 Å². The lowest BCUT2D eigenvalue weighted by atomic mass is 10.0. The number of hydrogen-bond acceptors (Lipinski definition) is 3. The van der Waals surface area contributed by atoms with Gasteiger partial charge in [-0.05, 0) is 30.8 Å². The minimum atomic E-state index is 0.00338. The molecule has 0 aromatic carbocycles. The van der Waals surface area contributed by atoms with E-state index in [2.05, 4.69) is 10.6 Å². The van der Waals surface area contributed by atoms with Crippen molar-refractivity contribution in [1.82, 2.24) is 5.32 Å². The van der Waals surface area contributed by atoms with Crippen LogP contribution in [0.2, 0.25) is 0 Å². The number of piperidine rings is 1. The first-order valence-corrected chi connectivity index (χ1v) is 5.87. The van der Waals surface area contributed by atoms with Crippen molar-refractivity contribution in [3.8, 4) is 0 Å². The molecule has 76 valence electrons. The minimum absolute atomic E-state index is 0.00338. The van der Waals surface area contributed by atoms with E-state index in [-0.39, 0.29) is 11.9 Å². The summed E-state index contributed by atoms with van der Waals surface area (Å²) in [7, 11) is 0. The molecule has 1 amide bonds. The van der Waals surface area contributed by atoms with Gasteiger partial charge in [-0.15, -0.1) is 0 Å². The number of rotatable bonds is 2. The van der Waals surface area contributed by atoms with Crippen LogP contribution in [0.15, 0.2) is 16.8 Å². The molecule has 1 aromatic heterocycles. The molecule has 0 radical (unpaired) electrons. The van der Waals surface area contributed by atoms with Crippen LogP contribution in [0.25, 0.3) is 0 Å². The van der Waals surface area contributed by atoms with Crippen LogP contribution in [0.3, 0.4) is 0 Å². The van der Waals surface area contributed by atoms with E-state index in [9.17, 15) is 4.79 Å². The van der Waals surface area contributed by atoms with Crippen LogP contribution >= 0.6 is 11.3 Å². The van der Waals surface area contributed by atoms with Gasteiger partial charge in [0.25, 0.3) is 0 Å². The van der Waals surface area contributed by atoms with E-state index in [1.165, 1.54) is 6.42 Å². The third kappa shape index (κ3) is 2.33. The van der Waals surface area contributed by atoms with E-state index in [1.807, 2.05) is 16.8 Å². The van der Waals surface area contributed by atoms with Gasteiger partial charge in [0.1, 0.15) is 0 Å². The van der Waals surface area contributed by atoms with Gasteiger partial charge in [-0.3, -0.25) is 4.79 Å². The van der Waals surface area contributed by atoms with E-state index >= 15 is 0 Å². The second-order valence-corrected chi connectivity index (χ2v) is 4.28. The second kappa shape index (κ2) is 4.57. The molecule has 2 rings (SSSR count). The van der Waals surface area contributed by atoms with Crippen molar-refractivity contribution in [2.45, 2.75) is 25.3 Å². The maximum atomic E-state index is 11.7. The fraction of sp³-hybridized carbons (Fsp3) is 0.500. The number of anilines is 1. The average molecular weight is 210 g/mol. The predicted molar refractivity (Wildman–Crippen MR) is 58.6 cm³/mol. The summed E-state index contributed by atoms with van der Waals surface area (Å²) in [6.45, 7) is 0.960. The standard InChI is InChI=1S/C10H14N2OS/c13-10(9-3-1-2-5-11-9)12-8-4-6-14-7-8/h4,6-7,9,11H,1-3,5H2,(H,12,13)/t9-/m1/s1. The number of carbonyl (C=O) groups excluding carboxylic acids is 1. The highest BCUT2D eigenvalue weighted by Gasteiger charge is 2.20. The van der Waals surface area contributed by atoms with Gasteiger partial charge < -0.3 is 10.6 Å². The summed E-state index contributed by atoms with van der Waals surface area (Å²) in [5.74, 6) is 0.100. The van der Waals surface area contributed by atoms with Crippen molar-refractivity contribution in [2.75, 3.05) is 11.9 Å². The molecule has 4 heteroatoms. The van der Waals surface area contributed by atoms with Crippen LogP contribution in [-0.2, 0) is 4.79 Å². The predicted octanol–water partition coefficient (Wildman–Crippen LogP) is 1.83. The van der Waals surface area contributed by atoms with Gasteiger partial charge in [0.05, 0.1) is 11.7 Å². The summed E-state index contributed by atoms with van der Waals surface area (Å²) in [5.41, 5.74) is 0.910. The maximum Gasteiger partial charge on any atom is 0.241 e. The smallest absolute Gasteiger partial charge is 0.241 e. The molecule has 1 fully saturated rings. The van der Waals surface area contributed by atoms with Gasteiger partial charge in [-0.1, -0.05) is 6.42 Å². The zero-order chi connectivity index (χ0) is 9.80. The maximum absolute atomic E-state index is 11.7. The van der Waals surface area contributed by atoms with E-state index in [0.29, 0.717) is 0 Å². The summed E-state index contributed by atoms with van der Waals surface area (Å²) >= 11 is 1.59. The fourth-order valence-corrected chi connectivity index (χ4v) is 2.23. The number of carbonyl (C=O) groups is 1.